The van der Waals surface area contributed by atoms with Crippen LogP contribution in [0.15, 0.2) is 48.5 Å². The van der Waals surface area contributed by atoms with Crippen LogP contribution in [0.5, 0.6) is 0 Å². The van der Waals surface area contributed by atoms with E-state index in [9.17, 15) is 4.79 Å². The van der Waals surface area contributed by atoms with Gasteiger partial charge in [-0.05, 0) is 17.7 Å². The van der Waals surface area contributed by atoms with E-state index in [4.69, 9.17) is 0 Å². The summed E-state index contributed by atoms with van der Waals surface area (Å²) in [5.41, 5.74) is 3.66. The van der Waals surface area contributed by atoms with Gasteiger partial charge in [0.05, 0.1) is 11.2 Å². The molecule has 0 fully saturated rings. The van der Waals surface area contributed by atoms with Crippen LogP contribution in [0, 0.1) is 0 Å². The van der Waals surface area contributed by atoms with Gasteiger partial charge >= 0.3 is 0 Å². The second kappa shape index (κ2) is 4.90. The lowest BCUT2D eigenvalue weighted by Crippen LogP contribution is -1.79. The second-order valence-electron chi connectivity index (χ2n) is 4.27. The maximum absolute atomic E-state index is 10.6. The number of benzene rings is 2. The van der Waals surface area contributed by atoms with E-state index in [2.05, 4.69) is 10.2 Å². The van der Waals surface area contributed by atoms with Crippen molar-refractivity contribution in [1.82, 2.24) is 10.2 Å². The molecule has 0 saturated heterocycles. The Morgan fingerprint density at radius 3 is 2.42 bits per heavy atom. The third-order valence-electron chi connectivity index (χ3n) is 3.01. The number of nitrogens with zero attached hydrogens (tertiary/aromatic N) is 1. The summed E-state index contributed by atoms with van der Waals surface area (Å²) >= 11 is 0. The van der Waals surface area contributed by atoms with Crippen molar-refractivity contribution in [2.45, 2.75) is 0 Å². The minimum absolute atomic E-state index is 0.683. The predicted molar refractivity (Wildman–Crippen MR) is 76.9 cm³/mol. The molecule has 1 heterocycles. The van der Waals surface area contributed by atoms with Crippen molar-refractivity contribution in [2.24, 2.45) is 0 Å². The van der Waals surface area contributed by atoms with Gasteiger partial charge in [-0.15, -0.1) is 0 Å². The van der Waals surface area contributed by atoms with E-state index in [1.807, 2.05) is 48.6 Å². The van der Waals surface area contributed by atoms with Gasteiger partial charge in [0.15, 0.2) is 0 Å². The largest absolute Gasteiger partial charge is 0.298 e. The van der Waals surface area contributed by atoms with Crippen LogP contribution in [0.3, 0.4) is 0 Å². The highest BCUT2D eigenvalue weighted by Gasteiger charge is 2.00. The number of carbonyl (C=O) groups excluding carboxylic acids is 1. The second-order valence-corrected chi connectivity index (χ2v) is 4.27. The van der Waals surface area contributed by atoms with E-state index in [0.717, 1.165) is 28.4 Å². The molecule has 3 heteroatoms. The molecule has 3 nitrogen and oxygen atoms in total. The van der Waals surface area contributed by atoms with E-state index in [-0.39, 0.29) is 0 Å². The molecule has 0 aliphatic heterocycles. The minimum Gasteiger partial charge on any atom is -0.298 e. The molecule has 0 aliphatic rings. The van der Waals surface area contributed by atoms with Crippen molar-refractivity contribution < 1.29 is 4.79 Å². The molecule has 3 aromatic rings. The molecule has 0 spiro atoms. The van der Waals surface area contributed by atoms with Gasteiger partial charge in [-0.2, -0.15) is 5.10 Å². The first kappa shape index (κ1) is 11.4. The maximum Gasteiger partial charge on any atom is 0.150 e. The first-order valence-corrected chi connectivity index (χ1v) is 6.03. The molecular weight excluding hydrogens is 236 g/mol. The monoisotopic (exact) mass is 248 g/mol. The average molecular weight is 248 g/mol. The summed E-state index contributed by atoms with van der Waals surface area (Å²) in [6.45, 7) is 0. The number of aromatic nitrogens is 2. The Hall–Kier alpha value is -2.68. The highest BCUT2D eigenvalue weighted by molar-refractivity contribution is 5.89. The van der Waals surface area contributed by atoms with Crippen LogP contribution in [0.2, 0.25) is 0 Å². The van der Waals surface area contributed by atoms with Gasteiger partial charge in [-0.3, -0.25) is 9.89 Å². The summed E-state index contributed by atoms with van der Waals surface area (Å²) in [4.78, 5) is 10.6. The number of hydrogen-bond donors (Lipinski definition) is 1. The molecular formula is C16H12N2O. The van der Waals surface area contributed by atoms with Crippen molar-refractivity contribution in [3.8, 4) is 0 Å². The fraction of sp³-hybridized carbons (Fsp3) is 0. The van der Waals surface area contributed by atoms with Crippen molar-refractivity contribution >= 4 is 29.3 Å². The van der Waals surface area contributed by atoms with E-state index in [0.29, 0.717) is 5.56 Å². The van der Waals surface area contributed by atoms with E-state index >= 15 is 0 Å². The summed E-state index contributed by atoms with van der Waals surface area (Å²) in [6.07, 6.45) is 4.79. The highest BCUT2D eigenvalue weighted by Crippen LogP contribution is 2.17. The number of fused-ring (bicyclic) bond motifs is 1. The van der Waals surface area contributed by atoms with Gasteiger partial charge in [-0.1, -0.05) is 48.5 Å². The fourth-order valence-electron chi connectivity index (χ4n) is 1.97. The first-order valence-electron chi connectivity index (χ1n) is 6.03. The lowest BCUT2D eigenvalue weighted by Gasteiger charge is -1.93. The molecule has 2 aromatic carbocycles. The van der Waals surface area contributed by atoms with Crippen molar-refractivity contribution in [3.63, 3.8) is 0 Å². The van der Waals surface area contributed by atoms with Gasteiger partial charge in [0.2, 0.25) is 0 Å². The number of carbonyl (C=O) groups is 1. The SMILES string of the molecule is O=Cc1ccc(C=Cc2n[nH]c3ccccc23)cc1. The van der Waals surface area contributed by atoms with Crippen molar-refractivity contribution in [3.05, 3.63) is 65.4 Å². The molecule has 3 rings (SSSR count). The van der Waals surface area contributed by atoms with Gasteiger partial charge in [0.25, 0.3) is 0 Å². The Labute approximate surface area is 110 Å². The zero-order valence-electron chi connectivity index (χ0n) is 10.2. The molecule has 92 valence electrons. The van der Waals surface area contributed by atoms with Crippen LogP contribution in [0.1, 0.15) is 21.6 Å². The van der Waals surface area contributed by atoms with Crippen LogP contribution in [0.4, 0.5) is 0 Å². The average Bonchev–Trinajstić information content (AvgIpc) is 2.89. The number of aromatic amines is 1. The molecule has 0 aliphatic carbocycles. The number of rotatable bonds is 3. The Bertz CT molecular complexity index is 739. The first-order chi connectivity index (χ1) is 9.36. The van der Waals surface area contributed by atoms with Crippen molar-refractivity contribution in [1.29, 1.82) is 0 Å². The number of H-pyrrole nitrogens is 1. The number of aldehydes is 1. The van der Waals surface area contributed by atoms with E-state index in [1.54, 1.807) is 12.1 Å². The molecule has 0 unspecified atom stereocenters. The molecule has 19 heavy (non-hydrogen) atoms. The zero-order valence-corrected chi connectivity index (χ0v) is 10.2. The van der Waals surface area contributed by atoms with Gasteiger partial charge in [-0.25, -0.2) is 0 Å². The van der Waals surface area contributed by atoms with Crippen LogP contribution in [0.25, 0.3) is 23.1 Å². The molecule has 0 amide bonds. The normalized spacial score (nSPS) is 11.2. The summed E-state index contributed by atoms with van der Waals surface area (Å²) in [5, 5.41) is 8.37. The lowest BCUT2D eigenvalue weighted by molar-refractivity contribution is 0.112. The summed E-state index contributed by atoms with van der Waals surface area (Å²) in [5.74, 6) is 0. The Morgan fingerprint density at radius 1 is 0.895 bits per heavy atom. The van der Waals surface area contributed by atoms with E-state index < -0.39 is 0 Å². The summed E-state index contributed by atoms with van der Waals surface area (Å²) in [6, 6.07) is 15.4. The number of hydrogen-bond acceptors (Lipinski definition) is 2. The fourth-order valence-corrected chi connectivity index (χ4v) is 1.97. The molecule has 0 atom stereocenters. The summed E-state index contributed by atoms with van der Waals surface area (Å²) in [7, 11) is 0. The highest BCUT2D eigenvalue weighted by atomic mass is 16.1. The standard InChI is InChI=1S/C16H12N2O/c19-11-13-7-5-12(6-8-13)9-10-16-14-3-1-2-4-15(14)17-18-16/h1-11H,(H,17,18). The van der Waals surface area contributed by atoms with Gasteiger partial charge < -0.3 is 0 Å². The third-order valence-corrected chi connectivity index (χ3v) is 3.01. The molecule has 1 aromatic heterocycles. The lowest BCUT2D eigenvalue weighted by atomic mass is 10.1. The van der Waals surface area contributed by atoms with Crippen LogP contribution >= 0.6 is 0 Å². The number of para-hydroxylation sites is 1. The summed E-state index contributed by atoms with van der Waals surface area (Å²) < 4.78 is 0. The van der Waals surface area contributed by atoms with Gasteiger partial charge in [0.1, 0.15) is 6.29 Å². The molecule has 0 bridgehead atoms. The topological polar surface area (TPSA) is 45.8 Å². The smallest absolute Gasteiger partial charge is 0.150 e. The maximum atomic E-state index is 10.6. The van der Waals surface area contributed by atoms with Gasteiger partial charge in [0, 0.05) is 10.9 Å². The Morgan fingerprint density at radius 2 is 1.63 bits per heavy atom. The molecule has 1 N–H and O–H groups in total. The van der Waals surface area contributed by atoms with Crippen LogP contribution in [-0.4, -0.2) is 16.5 Å². The quantitative estimate of drug-likeness (QED) is 0.720. The van der Waals surface area contributed by atoms with Crippen molar-refractivity contribution in [2.75, 3.05) is 0 Å². The Balaban J connectivity index is 1.91. The molecule has 0 saturated carbocycles. The predicted octanol–water partition coefficient (Wildman–Crippen LogP) is 3.55. The van der Waals surface area contributed by atoms with Crippen LogP contribution < -0.4 is 0 Å². The number of nitrogens with one attached hydrogen (secondary N) is 1. The zero-order chi connectivity index (χ0) is 13.1. The van der Waals surface area contributed by atoms with E-state index in [1.165, 1.54) is 0 Å². The Kier molecular flexibility index (Phi) is 2.94. The van der Waals surface area contributed by atoms with Crippen LogP contribution in [-0.2, 0) is 0 Å². The minimum atomic E-state index is 0.683. The third kappa shape index (κ3) is 2.31. The molecule has 0 radical (unpaired) electrons.